The van der Waals surface area contributed by atoms with Crippen molar-refractivity contribution in [3.8, 4) is 17.2 Å². The van der Waals surface area contributed by atoms with Gasteiger partial charge in [0.05, 0.1) is 18.4 Å². The first-order valence-electron chi connectivity index (χ1n) is 9.25. The molecule has 4 nitrogen and oxygen atoms in total. The molecule has 4 rings (SSSR count). The number of nitrogens with zero attached hydrogens (tertiary/aromatic N) is 2. The first-order chi connectivity index (χ1) is 13.2. The van der Waals surface area contributed by atoms with Crippen LogP contribution in [0.2, 0.25) is 0 Å². The van der Waals surface area contributed by atoms with Gasteiger partial charge in [-0.15, -0.1) is 0 Å². The fourth-order valence-corrected chi connectivity index (χ4v) is 3.76. The summed E-state index contributed by atoms with van der Waals surface area (Å²) in [5.74, 6) is 1.64. The Labute approximate surface area is 158 Å². The molecule has 1 aromatic heterocycles. The molecular weight excluding hydrogens is 343 g/mol. The van der Waals surface area contributed by atoms with Gasteiger partial charge in [-0.3, -0.25) is 4.90 Å². The number of aryl methyl sites for hydroxylation is 1. The van der Waals surface area contributed by atoms with Crippen molar-refractivity contribution in [3.63, 3.8) is 0 Å². The van der Waals surface area contributed by atoms with Crippen LogP contribution in [-0.4, -0.2) is 23.5 Å². The van der Waals surface area contributed by atoms with E-state index in [1.165, 1.54) is 11.6 Å². The molecule has 0 unspecified atom stereocenters. The van der Waals surface area contributed by atoms with E-state index in [0.29, 0.717) is 24.0 Å². The van der Waals surface area contributed by atoms with E-state index in [1.54, 1.807) is 25.3 Å². The number of hydrogen-bond acceptors (Lipinski definition) is 4. The van der Waals surface area contributed by atoms with Gasteiger partial charge in [0, 0.05) is 12.6 Å². The number of methoxy groups -OCH3 is 1. The van der Waals surface area contributed by atoms with E-state index in [4.69, 9.17) is 9.15 Å². The van der Waals surface area contributed by atoms with E-state index in [9.17, 15) is 4.39 Å². The molecular formula is C22H23FN2O2. The van der Waals surface area contributed by atoms with Crippen LogP contribution in [0.1, 0.15) is 35.9 Å². The zero-order valence-corrected chi connectivity index (χ0v) is 15.6. The van der Waals surface area contributed by atoms with Crippen LogP contribution in [0.4, 0.5) is 4.39 Å². The topological polar surface area (TPSA) is 38.5 Å². The maximum atomic E-state index is 14.1. The minimum Gasteiger partial charge on any atom is -0.497 e. The molecule has 1 atom stereocenters. The van der Waals surface area contributed by atoms with Crippen LogP contribution in [0.15, 0.2) is 52.9 Å². The van der Waals surface area contributed by atoms with Gasteiger partial charge < -0.3 is 9.15 Å². The Balaban J connectivity index is 1.57. The number of oxazole rings is 1. The molecule has 1 saturated heterocycles. The Kier molecular flexibility index (Phi) is 4.94. The lowest BCUT2D eigenvalue weighted by Crippen LogP contribution is -2.23. The maximum absolute atomic E-state index is 14.1. The molecule has 1 fully saturated rings. The lowest BCUT2D eigenvalue weighted by atomic mass is 10.0. The van der Waals surface area contributed by atoms with E-state index in [1.807, 2.05) is 19.1 Å². The highest BCUT2D eigenvalue weighted by Gasteiger charge is 2.28. The van der Waals surface area contributed by atoms with Gasteiger partial charge in [0.25, 0.3) is 0 Å². The minimum atomic E-state index is -0.319. The Morgan fingerprint density at radius 1 is 1.22 bits per heavy atom. The van der Waals surface area contributed by atoms with Gasteiger partial charge in [0.2, 0.25) is 5.89 Å². The molecule has 0 spiro atoms. The van der Waals surface area contributed by atoms with Gasteiger partial charge >= 0.3 is 0 Å². The van der Waals surface area contributed by atoms with Crippen LogP contribution in [0.5, 0.6) is 5.75 Å². The molecule has 0 bridgehead atoms. The number of benzene rings is 2. The molecule has 5 heteroatoms. The molecule has 0 aliphatic carbocycles. The van der Waals surface area contributed by atoms with Gasteiger partial charge in [0.15, 0.2) is 0 Å². The van der Waals surface area contributed by atoms with Crippen molar-refractivity contribution in [2.75, 3.05) is 13.7 Å². The Hall–Kier alpha value is -2.66. The Bertz CT molecular complexity index is 938. The number of aromatic nitrogens is 1. The lowest BCUT2D eigenvalue weighted by Gasteiger charge is -2.24. The van der Waals surface area contributed by atoms with Crippen LogP contribution in [0.25, 0.3) is 11.5 Å². The smallest absolute Gasteiger partial charge is 0.229 e. The third-order valence-electron chi connectivity index (χ3n) is 5.19. The fourth-order valence-electron chi connectivity index (χ4n) is 3.76. The predicted octanol–water partition coefficient (Wildman–Crippen LogP) is 5.13. The van der Waals surface area contributed by atoms with Crippen LogP contribution >= 0.6 is 0 Å². The van der Waals surface area contributed by atoms with E-state index in [-0.39, 0.29) is 5.82 Å². The fraction of sp³-hybridized carbons (Fsp3) is 0.318. The van der Waals surface area contributed by atoms with Crippen molar-refractivity contribution < 1.29 is 13.5 Å². The third kappa shape index (κ3) is 3.60. The van der Waals surface area contributed by atoms with Crippen molar-refractivity contribution in [1.82, 2.24) is 9.88 Å². The summed E-state index contributed by atoms with van der Waals surface area (Å²) in [6.45, 7) is 3.58. The molecule has 27 heavy (non-hydrogen) atoms. The Morgan fingerprint density at radius 2 is 2.07 bits per heavy atom. The summed E-state index contributed by atoms with van der Waals surface area (Å²) in [4.78, 5) is 7.00. The van der Waals surface area contributed by atoms with Crippen LogP contribution < -0.4 is 4.74 Å². The second-order valence-electron chi connectivity index (χ2n) is 6.91. The second-order valence-corrected chi connectivity index (χ2v) is 6.91. The highest BCUT2D eigenvalue weighted by atomic mass is 19.1. The van der Waals surface area contributed by atoms with Crippen molar-refractivity contribution in [2.24, 2.45) is 0 Å². The summed E-state index contributed by atoms with van der Waals surface area (Å²) >= 11 is 0. The second kappa shape index (κ2) is 7.53. The molecule has 2 heterocycles. The van der Waals surface area contributed by atoms with E-state index in [0.717, 1.165) is 36.6 Å². The molecule has 1 aliphatic rings. The molecule has 140 valence electrons. The van der Waals surface area contributed by atoms with Gasteiger partial charge in [-0.2, -0.15) is 0 Å². The quantitative estimate of drug-likeness (QED) is 0.627. The first kappa shape index (κ1) is 17.7. The standard InChI is InChI=1S/C22H23FN2O2/c1-15-20(24-22(27-15)18-9-3-4-10-19(18)23)14-25-12-6-11-21(25)16-7-5-8-17(13-16)26-2/h3-5,7-10,13,21H,6,11-12,14H2,1-2H3/t21-/m1/s1. The summed E-state index contributed by atoms with van der Waals surface area (Å²) in [6, 6.07) is 15.1. The highest BCUT2D eigenvalue weighted by Crippen LogP contribution is 2.35. The first-order valence-corrected chi connectivity index (χ1v) is 9.25. The van der Waals surface area contributed by atoms with Gasteiger partial charge in [-0.05, 0) is 56.1 Å². The molecule has 0 saturated carbocycles. The van der Waals surface area contributed by atoms with Crippen molar-refractivity contribution in [3.05, 3.63) is 71.4 Å². The number of likely N-dealkylation sites (tertiary alicyclic amines) is 1. The van der Waals surface area contributed by atoms with Crippen LogP contribution in [-0.2, 0) is 6.54 Å². The monoisotopic (exact) mass is 366 g/mol. The normalized spacial score (nSPS) is 17.4. The SMILES string of the molecule is COc1cccc([C@H]2CCCN2Cc2nc(-c3ccccc3F)oc2C)c1. The van der Waals surface area contributed by atoms with Crippen molar-refractivity contribution >= 4 is 0 Å². The maximum Gasteiger partial charge on any atom is 0.229 e. The van der Waals surface area contributed by atoms with Gasteiger partial charge in [0.1, 0.15) is 17.3 Å². The molecule has 0 N–H and O–H groups in total. The van der Waals surface area contributed by atoms with Crippen LogP contribution in [0, 0.1) is 12.7 Å². The van der Waals surface area contributed by atoms with Crippen molar-refractivity contribution in [2.45, 2.75) is 32.4 Å². The number of hydrogen-bond donors (Lipinski definition) is 0. The van der Waals surface area contributed by atoms with E-state index in [2.05, 4.69) is 22.0 Å². The van der Waals surface area contributed by atoms with E-state index < -0.39 is 0 Å². The average molecular weight is 366 g/mol. The predicted molar refractivity (Wildman–Crippen MR) is 102 cm³/mol. The molecule has 0 amide bonds. The largest absolute Gasteiger partial charge is 0.497 e. The summed E-state index contributed by atoms with van der Waals surface area (Å²) in [7, 11) is 1.69. The molecule has 0 radical (unpaired) electrons. The summed E-state index contributed by atoms with van der Waals surface area (Å²) in [5.41, 5.74) is 2.52. The summed E-state index contributed by atoms with van der Waals surface area (Å²) in [6.07, 6.45) is 2.24. The number of rotatable bonds is 5. The van der Waals surface area contributed by atoms with E-state index >= 15 is 0 Å². The molecule has 3 aromatic rings. The zero-order chi connectivity index (χ0) is 18.8. The molecule has 2 aromatic carbocycles. The average Bonchev–Trinajstić information content (AvgIpc) is 3.29. The van der Waals surface area contributed by atoms with Crippen LogP contribution in [0.3, 0.4) is 0 Å². The van der Waals surface area contributed by atoms with Crippen molar-refractivity contribution in [1.29, 1.82) is 0 Å². The third-order valence-corrected chi connectivity index (χ3v) is 5.19. The summed E-state index contributed by atoms with van der Waals surface area (Å²) in [5, 5.41) is 0. The molecule has 1 aliphatic heterocycles. The Morgan fingerprint density at radius 3 is 2.89 bits per heavy atom. The number of ether oxygens (including phenoxy) is 1. The zero-order valence-electron chi connectivity index (χ0n) is 15.6. The van der Waals surface area contributed by atoms with Gasteiger partial charge in [-0.1, -0.05) is 24.3 Å². The minimum absolute atomic E-state index is 0.319. The number of halogens is 1. The lowest BCUT2D eigenvalue weighted by molar-refractivity contribution is 0.244. The highest BCUT2D eigenvalue weighted by molar-refractivity contribution is 5.54. The van der Waals surface area contributed by atoms with Gasteiger partial charge in [-0.25, -0.2) is 9.37 Å². The summed E-state index contributed by atoms with van der Waals surface area (Å²) < 4.78 is 25.2.